The Morgan fingerprint density at radius 2 is 2.22 bits per heavy atom. The first-order valence-corrected chi connectivity index (χ1v) is 9.83. The Bertz CT molecular complexity index is 897. The molecule has 2 aromatic heterocycles. The van der Waals surface area contributed by atoms with Crippen LogP contribution in [-0.2, 0) is 32.0 Å². The van der Waals surface area contributed by atoms with Crippen LogP contribution in [0.3, 0.4) is 0 Å². The van der Waals surface area contributed by atoms with Gasteiger partial charge in [0.2, 0.25) is 5.91 Å². The summed E-state index contributed by atoms with van der Waals surface area (Å²) >= 11 is 1.60. The maximum absolute atomic E-state index is 12.5. The van der Waals surface area contributed by atoms with E-state index in [1.165, 1.54) is 11.6 Å². The smallest absolute Gasteiger partial charge is 0.330 e. The SMILES string of the molecule is Cn1cc(CN(CC(=O)NCc2cccs2)[C@H]2CCNC2)c(=O)n(C)c1=O. The van der Waals surface area contributed by atoms with Gasteiger partial charge in [-0.2, -0.15) is 0 Å². The van der Waals surface area contributed by atoms with Gasteiger partial charge in [-0.3, -0.25) is 19.1 Å². The van der Waals surface area contributed by atoms with Crippen LogP contribution in [0.5, 0.6) is 0 Å². The molecular formula is C18H25N5O3S. The molecule has 3 heterocycles. The summed E-state index contributed by atoms with van der Waals surface area (Å²) < 4.78 is 2.51. The third-order valence-electron chi connectivity index (χ3n) is 4.83. The largest absolute Gasteiger partial charge is 0.350 e. The first-order chi connectivity index (χ1) is 13.0. The van der Waals surface area contributed by atoms with Crippen LogP contribution in [0.25, 0.3) is 0 Å². The molecule has 9 heteroatoms. The zero-order chi connectivity index (χ0) is 19.4. The van der Waals surface area contributed by atoms with E-state index in [2.05, 4.69) is 10.6 Å². The molecule has 2 aromatic rings. The number of amides is 1. The average molecular weight is 391 g/mol. The minimum Gasteiger partial charge on any atom is -0.350 e. The third-order valence-corrected chi connectivity index (χ3v) is 5.70. The van der Waals surface area contributed by atoms with Crippen molar-refractivity contribution in [3.63, 3.8) is 0 Å². The van der Waals surface area contributed by atoms with E-state index in [1.54, 1.807) is 24.6 Å². The number of carbonyl (C=O) groups excluding carboxylic acids is 1. The summed E-state index contributed by atoms with van der Waals surface area (Å²) in [6, 6.07) is 4.12. The molecule has 0 spiro atoms. The highest BCUT2D eigenvalue weighted by molar-refractivity contribution is 7.09. The van der Waals surface area contributed by atoms with E-state index in [1.807, 2.05) is 22.4 Å². The van der Waals surface area contributed by atoms with Crippen molar-refractivity contribution < 1.29 is 4.79 Å². The molecular weight excluding hydrogens is 366 g/mol. The molecule has 1 aliphatic rings. The van der Waals surface area contributed by atoms with Crippen LogP contribution in [0.4, 0.5) is 0 Å². The summed E-state index contributed by atoms with van der Waals surface area (Å²) in [6.07, 6.45) is 2.49. The number of aryl methyl sites for hydroxylation is 1. The van der Waals surface area contributed by atoms with Crippen molar-refractivity contribution in [3.05, 3.63) is 55.0 Å². The van der Waals surface area contributed by atoms with Crippen LogP contribution in [0, 0.1) is 0 Å². The predicted molar refractivity (Wildman–Crippen MR) is 105 cm³/mol. The molecule has 0 aromatic carbocycles. The lowest BCUT2D eigenvalue weighted by Crippen LogP contribution is -2.46. The fraction of sp³-hybridized carbons (Fsp3) is 0.500. The van der Waals surface area contributed by atoms with Gasteiger partial charge in [0.15, 0.2) is 0 Å². The first kappa shape index (κ1) is 19.5. The van der Waals surface area contributed by atoms with Crippen LogP contribution in [0.1, 0.15) is 16.9 Å². The number of rotatable bonds is 7. The number of thiophene rings is 1. The second-order valence-corrected chi connectivity index (χ2v) is 7.85. The van der Waals surface area contributed by atoms with Crippen LogP contribution >= 0.6 is 11.3 Å². The Morgan fingerprint density at radius 3 is 2.89 bits per heavy atom. The molecule has 1 fully saturated rings. The van der Waals surface area contributed by atoms with E-state index in [0.717, 1.165) is 29.0 Å². The summed E-state index contributed by atoms with van der Waals surface area (Å²) in [7, 11) is 3.10. The van der Waals surface area contributed by atoms with Gasteiger partial charge in [-0.05, 0) is 24.4 Å². The van der Waals surface area contributed by atoms with Crippen LogP contribution in [0.15, 0.2) is 33.3 Å². The average Bonchev–Trinajstić information content (AvgIpc) is 3.35. The van der Waals surface area contributed by atoms with Crippen LogP contribution < -0.4 is 21.9 Å². The Balaban J connectivity index is 1.73. The van der Waals surface area contributed by atoms with Crippen molar-refractivity contribution in [2.24, 2.45) is 14.1 Å². The van der Waals surface area contributed by atoms with Gasteiger partial charge < -0.3 is 15.2 Å². The first-order valence-electron chi connectivity index (χ1n) is 8.95. The number of nitrogens with one attached hydrogen (secondary N) is 2. The lowest BCUT2D eigenvalue weighted by molar-refractivity contribution is -0.123. The fourth-order valence-electron chi connectivity index (χ4n) is 3.31. The number of nitrogens with zero attached hydrogens (tertiary/aromatic N) is 3. The Morgan fingerprint density at radius 1 is 1.41 bits per heavy atom. The molecule has 0 radical (unpaired) electrons. The second-order valence-electron chi connectivity index (χ2n) is 6.82. The molecule has 1 aliphatic heterocycles. The molecule has 2 N–H and O–H groups in total. The monoisotopic (exact) mass is 391 g/mol. The number of carbonyl (C=O) groups is 1. The van der Waals surface area contributed by atoms with Crippen molar-refractivity contribution >= 4 is 17.2 Å². The van der Waals surface area contributed by atoms with Gasteiger partial charge in [0.1, 0.15) is 0 Å². The Labute approximate surface area is 161 Å². The minimum absolute atomic E-state index is 0.0723. The zero-order valence-corrected chi connectivity index (χ0v) is 16.4. The summed E-state index contributed by atoms with van der Waals surface area (Å²) in [5.74, 6) is -0.0723. The van der Waals surface area contributed by atoms with Gasteiger partial charge >= 0.3 is 5.69 Å². The normalized spacial score (nSPS) is 16.8. The summed E-state index contributed by atoms with van der Waals surface area (Å²) in [5, 5.41) is 8.22. The number of hydrogen-bond acceptors (Lipinski definition) is 6. The van der Waals surface area contributed by atoms with E-state index < -0.39 is 0 Å². The van der Waals surface area contributed by atoms with E-state index in [-0.39, 0.29) is 29.7 Å². The lowest BCUT2D eigenvalue weighted by atomic mass is 10.2. The molecule has 3 rings (SSSR count). The van der Waals surface area contributed by atoms with Gasteiger partial charge in [0.05, 0.1) is 13.1 Å². The molecule has 1 amide bonds. The van der Waals surface area contributed by atoms with Crippen molar-refractivity contribution in [1.82, 2.24) is 24.7 Å². The second kappa shape index (κ2) is 8.64. The fourth-order valence-corrected chi connectivity index (χ4v) is 3.96. The molecule has 0 bridgehead atoms. The van der Waals surface area contributed by atoms with Crippen LogP contribution in [0.2, 0.25) is 0 Å². The zero-order valence-electron chi connectivity index (χ0n) is 15.6. The van der Waals surface area contributed by atoms with E-state index in [9.17, 15) is 14.4 Å². The number of aromatic nitrogens is 2. The van der Waals surface area contributed by atoms with E-state index in [4.69, 9.17) is 0 Å². The van der Waals surface area contributed by atoms with E-state index in [0.29, 0.717) is 18.7 Å². The number of hydrogen-bond donors (Lipinski definition) is 2. The maximum Gasteiger partial charge on any atom is 0.330 e. The third kappa shape index (κ3) is 4.74. The Kier molecular flexibility index (Phi) is 6.25. The summed E-state index contributed by atoms with van der Waals surface area (Å²) in [5.41, 5.74) is -0.155. The Hall–Kier alpha value is -2.23. The van der Waals surface area contributed by atoms with Gasteiger partial charge in [-0.25, -0.2) is 4.79 Å². The standard InChI is InChI=1S/C18H25N5O3S/c1-21-10-13(17(25)22(2)18(21)26)11-23(14-5-6-19-8-14)12-16(24)20-9-15-4-3-7-27-15/h3-4,7,10,14,19H,5-6,8-9,11-12H2,1-2H3,(H,20,24)/t14-/m0/s1. The van der Waals surface area contributed by atoms with Gasteiger partial charge in [0, 0.05) is 49.9 Å². The molecule has 1 atom stereocenters. The topological polar surface area (TPSA) is 88.4 Å². The summed E-state index contributed by atoms with van der Waals surface area (Å²) in [4.78, 5) is 39.9. The highest BCUT2D eigenvalue weighted by atomic mass is 32.1. The van der Waals surface area contributed by atoms with Gasteiger partial charge in [0.25, 0.3) is 5.56 Å². The molecule has 27 heavy (non-hydrogen) atoms. The quantitative estimate of drug-likeness (QED) is 0.672. The van der Waals surface area contributed by atoms with Crippen molar-refractivity contribution in [2.75, 3.05) is 19.6 Å². The molecule has 0 saturated carbocycles. The summed E-state index contributed by atoms with van der Waals surface area (Å²) in [6.45, 7) is 2.73. The molecule has 1 saturated heterocycles. The van der Waals surface area contributed by atoms with E-state index >= 15 is 0 Å². The molecule has 146 valence electrons. The van der Waals surface area contributed by atoms with Crippen molar-refractivity contribution in [3.8, 4) is 0 Å². The molecule has 0 unspecified atom stereocenters. The predicted octanol–water partition coefficient (Wildman–Crippen LogP) is -0.374. The minimum atomic E-state index is -0.355. The van der Waals surface area contributed by atoms with Crippen molar-refractivity contribution in [2.45, 2.75) is 25.6 Å². The van der Waals surface area contributed by atoms with Crippen LogP contribution in [-0.4, -0.2) is 45.6 Å². The highest BCUT2D eigenvalue weighted by Crippen LogP contribution is 2.12. The van der Waals surface area contributed by atoms with Crippen molar-refractivity contribution in [1.29, 1.82) is 0 Å². The molecule has 0 aliphatic carbocycles. The van der Waals surface area contributed by atoms with Gasteiger partial charge in [-0.1, -0.05) is 6.07 Å². The lowest BCUT2D eigenvalue weighted by Gasteiger charge is -2.27. The maximum atomic E-state index is 12.5. The molecule has 8 nitrogen and oxygen atoms in total. The van der Waals surface area contributed by atoms with Gasteiger partial charge in [-0.15, -0.1) is 11.3 Å². The highest BCUT2D eigenvalue weighted by Gasteiger charge is 2.25.